The lowest BCUT2D eigenvalue weighted by Crippen LogP contribution is -1.85. The second-order valence-electron chi connectivity index (χ2n) is 2.53. The van der Waals surface area contributed by atoms with E-state index in [1.54, 1.807) is 0 Å². The van der Waals surface area contributed by atoms with Gasteiger partial charge in [-0.05, 0) is 24.4 Å². The molecule has 0 fully saturated rings. The molecule has 0 spiro atoms. The predicted molar refractivity (Wildman–Crippen MR) is 51.5 cm³/mol. The third-order valence-electron chi connectivity index (χ3n) is 1.67. The van der Waals surface area contributed by atoms with Gasteiger partial charge in [0, 0.05) is 5.39 Å². The molecule has 1 aromatic heterocycles. The summed E-state index contributed by atoms with van der Waals surface area (Å²) in [6, 6.07) is 9.45. The van der Waals surface area contributed by atoms with Crippen molar-refractivity contribution in [3.8, 4) is 0 Å². The van der Waals surface area contributed by atoms with Gasteiger partial charge < -0.3 is 10.2 Å². The average molecular weight is 177 g/mol. The molecule has 0 saturated heterocycles. The van der Waals surface area contributed by atoms with Crippen LogP contribution in [0.1, 0.15) is 0 Å². The lowest BCUT2D eigenvalue weighted by Gasteiger charge is -1.97. The minimum Gasteiger partial charge on any atom is -0.443 e. The lowest BCUT2D eigenvalue weighted by atomic mass is 10.2. The first kappa shape index (κ1) is 7.31. The zero-order chi connectivity index (χ0) is 8.55. The summed E-state index contributed by atoms with van der Waals surface area (Å²) in [7, 11) is 0. The SMILES string of the molecule is Nc1cc2ccccc2oc1=S. The smallest absolute Gasteiger partial charge is 0.213 e. The molecule has 12 heavy (non-hydrogen) atoms. The van der Waals surface area contributed by atoms with Crippen LogP contribution >= 0.6 is 12.2 Å². The van der Waals surface area contributed by atoms with Crippen molar-refractivity contribution < 1.29 is 4.42 Å². The molecule has 1 heterocycles. The molecule has 0 aliphatic heterocycles. The molecule has 0 atom stereocenters. The van der Waals surface area contributed by atoms with Crippen LogP contribution in [0, 0.1) is 4.71 Å². The molecular formula is C9H7NOS. The van der Waals surface area contributed by atoms with Gasteiger partial charge in [0.25, 0.3) is 0 Å². The zero-order valence-electron chi connectivity index (χ0n) is 6.28. The first-order chi connectivity index (χ1) is 5.77. The molecule has 3 heteroatoms. The maximum atomic E-state index is 5.59. The third kappa shape index (κ3) is 1.08. The molecular weight excluding hydrogens is 170 g/mol. The van der Waals surface area contributed by atoms with E-state index in [9.17, 15) is 0 Å². The van der Waals surface area contributed by atoms with E-state index in [1.165, 1.54) is 0 Å². The fourth-order valence-electron chi connectivity index (χ4n) is 1.08. The fourth-order valence-corrected chi connectivity index (χ4v) is 1.23. The van der Waals surface area contributed by atoms with Gasteiger partial charge in [0.1, 0.15) is 5.58 Å². The standard InChI is InChI=1S/C9H7NOS/c10-7-5-6-3-1-2-4-8(6)11-9(7)12/h1-5H,10H2. The van der Waals surface area contributed by atoms with Gasteiger partial charge in [0.15, 0.2) is 0 Å². The van der Waals surface area contributed by atoms with Crippen molar-refractivity contribution in [2.75, 3.05) is 5.73 Å². The number of fused-ring (bicyclic) bond motifs is 1. The first-order valence-corrected chi connectivity index (χ1v) is 3.96. The van der Waals surface area contributed by atoms with Crippen LogP contribution < -0.4 is 5.73 Å². The van der Waals surface area contributed by atoms with E-state index in [0.29, 0.717) is 10.4 Å². The van der Waals surface area contributed by atoms with Crippen molar-refractivity contribution >= 4 is 28.9 Å². The summed E-state index contributed by atoms with van der Waals surface area (Å²) in [6.07, 6.45) is 0. The maximum Gasteiger partial charge on any atom is 0.213 e. The number of para-hydroxylation sites is 1. The highest BCUT2D eigenvalue weighted by Crippen LogP contribution is 2.18. The Kier molecular flexibility index (Phi) is 1.59. The molecule has 0 radical (unpaired) electrons. The number of anilines is 1. The average Bonchev–Trinajstić information content (AvgIpc) is 2.07. The number of benzene rings is 1. The van der Waals surface area contributed by atoms with E-state index in [-0.39, 0.29) is 0 Å². The molecule has 60 valence electrons. The molecule has 0 aliphatic rings. The number of nitrogen functional groups attached to an aromatic ring is 1. The fraction of sp³-hybridized carbons (Fsp3) is 0. The molecule has 0 saturated carbocycles. The van der Waals surface area contributed by atoms with Gasteiger partial charge in [-0.1, -0.05) is 18.2 Å². The Balaban J connectivity index is 2.93. The Bertz CT molecular complexity index is 475. The second kappa shape index (κ2) is 2.60. The van der Waals surface area contributed by atoms with Crippen molar-refractivity contribution in [1.82, 2.24) is 0 Å². The van der Waals surface area contributed by atoms with Crippen molar-refractivity contribution in [2.24, 2.45) is 0 Å². The molecule has 2 N–H and O–H groups in total. The summed E-state index contributed by atoms with van der Waals surface area (Å²) in [5.41, 5.74) is 6.88. The predicted octanol–water partition coefficient (Wildman–Crippen LogP) is 2.74. The van der Waals surface area contributed by atoms with Gasteiger partial charge in [-0.3, -0.25) is 0 Å². The Morgan fingerprint density at radius 2 is 2.00 bits per heavy atom. The largest absolute Gasteiger partial charge is 0.443 e. The van der Waals surface area contributed by atoms with Gasteiger partial charge >= 0.3 is 0 Å². The van der Waals surface area contributed by atoms with E-state index in [4.69, 9.17) is 22.4 Å². The molecule has 0 unspecified atom stereocenters. The highest BCUT2D eigenvalue weighted by atomic mass is 32.1. The van der Waals surface area contributed by atoms with E-state index >= 15 is 0 Å². The van der Waals surface area contributed by atoms with Gasteiger partial charge in [0.2, 0.25) is 4.71 Å². The monoisotopic (exact) mass is 177 g/mol. The van der Waals surface area contributed by atoms with Gasteiger partial charge in [-0.25, -0.2) is 0 Å². The Labute approximate surface area is 74.6 Å². The Morgan fingerprint density at radius 3 is 2.83 bits per heavy atom. The number of rotatable bonds is 0. The topological polar surface area (TPSA) is 39.2 Å². The third-order valence-corrected chi connectivity index (χ3v) is 1.99. The van der Waals surface area contributed by atoms with Crippen LogP contribution in [0.15, 0.2) is 34.7 Å². The highest BCUT2D eigenvalue weighted by Gasteiger charge is 1.96. The number of nitrogens with two attached hydrogens (primary N) is 1. The minimum atomic E-state index is 0.355. The van der Waals surface area contributed by atoms with E-state index in [1.807, 2.05) is 30.3 Å². The van der Waals surface area contributed by atoms with Crippen LogP contribution in [0.25, 0.3) is 11.0 Å². The van der Waals surface area contributed by atoms with Gasteiger partial charge in [0.05, 0.1) is 5.69 Å². The van der Waals surface area contributed by atoms with Crippen molar-refractivity contribution in [2.45, 2.75) is 0 Å². The van der Waals surface area contributed by atoms with E-state index in [2.05, 4.69) is 0 Å². The molecule has 2 nitrogen and oxygen atoms in total. The number of hydrogen-bond donors (Lipinski definition) is 1. The van der Waals surface area contributed by atoms with Crippen LogP contribution in [0.5, 0.6) is 0 Å². The van der Waals surface area contributed by atoms with E-state index < -0.39 is 0 Å². The van der Waals surface area contributed by atoms with Crippen LogP contribution in [-0.4, -0.2) is 0 Å². The quantitative estimate of drug-likeness (QED) is 0.629. The highest BCUT2D eigenvalue weighted by molar-refractivity contribution is 7.71. The summed E-state index contributed by atoms with van der Waals surface area (Å²) in [6.45, 7) is 0. The molecule has 0 amide bonds. The zero-order valence-corrected chi connectivity index (χ0v) is 7.10. The molecule has 2 aromatic rings. The van der Waals surface area contributed by atoms with Crippen LogP contribution in [0.4, 0.5) is 5.69 Å². The van der Waals surface area contributed by atoms with Crippen molar-refractivity contribution in [1.29, 1.82) is 0 Å². The summed E-state index contributed by atoms with van der Waals surface area (Å²) >= 11 is 4.89. The van der Waals surface area contributed by atoms with Gasteiger partial charge in [-0.15, -0.1) is 0 Å². The number of hydrogen-bond acceptors (Lipinski definition) is 3. The summed E-state index contributed by atoms with van der Waals surface area (Å²) in [4.78, 5) is 0. The minimum absolute atomic E-state index is 0.355. The molecule has 1 aromatic carbocycles. The Hall–Kier alpha value is -1.35. The molecule has 2 rings (SSSR count). The van der Waals surface area contributed by atoms with Crippen molar-refractivity contribution in [3.05, 3.63) is 35.0 Å². The van der Waals surface area contributed by atoms with E-state index in [0.717, 1.165) is 11.0 Å². The summed E-state index contributed by atoms with van der Waals surface area (Å²) in [5.74, 6) is 0. The lowest BCUT2D eigenvalue weighted by molar-refractivity contribution is 0.589. The van der Waals surface area contributed by atoms with Gasteiger partial charge in [-0.2, -0.15) is 0 Å². The summed E-state index contributed by atoms with van der Waals surface area (Å²) in [5, 5.41) is 0.976. The second-order valence-corrected chi connectivity index (χ2v) is 2.90. The molecule has 0 aliphatic carbocycles. The Morgan fingerprint density at radius 1 is 1.25 bits per heavy atom. The first-order valence-electron chi connectivity index (χ1n) is 3.56. The summed E-state index contributed by atoms with van der Waals surface area (Å²) < 4.78 is 5.64. The van der Waals surface area contributed by atoms with Crippen LogP contribution in [0.3, 0.4) is 0 Å². The molecule has 0 bridgehead atoms. The van der Waals surface area contributed by atoms with Crippen LogP contribution in [-0.2, 0) is 0 Å². The normalized spacial score (nSPS) is 10.3. The van der Waals surface area contributed by atoms with Crippen LogP contribution in [0.2, 0.25) is 0 Å². The van der Waals surface area contributed by atoms with Crippen molar-refractivity contribution in [3.63, 3.8) is 0 Å². The maximum absolute atomic E-state index is 5.59.